The molecular formula is C20H30N4O3. The Kier molecular flexibility index (Phi) is 6.55. The Morgan fingerprint density at radius 1 is 0.926 bits per heavy atom. The fourth-order valence-corrected chi connectivity index (χ4v) is 3.79. The molecule has 0 atom stereocenters. The summed E-state index contributed by atoms with van der Waals surface area (Å²) in [6, 6.07) is 8.02. The predicted octanol–water partition coefficient (Wildman–Crippen LogP) is 0.898. The molecule has 0 aromatic heterocycles. The van der Waals surface area contributed by atoms with Crippen LogP contribution in [0.4, 0.5) is 5.69 Å². The number of para-hydroxylation sites is 2. The summed E-state index contributed by atoms with van der Waals surface area (Å²) in [7, 11) is 1.69. The minimum absolute atomic E-state index is 0.138. The molecule has 2 heterocycles. The summed E-state index contributed by atoms with van der Waals surface area (Å²) >= 11 is 0. The number of carbonyl (C=O) groups excluding carboxylic acids is 2. The fraction of sp³-hybridized carbons (Fsp3) is 0.600. The molecule has 0 bridgehead atoms. The molecule has 27 heavy (non-hydrogen) atoms. The summed E-state index contributed by atoms with van der Waals surface area (Å²) in [6.07, 6.45) is 0.550. The number of hydrogen-bond acceptors (Lipinski definition) is 5. The molecule has 1 aromatic rings. The maximum atomic E-state index is 12.6. The van der Waals surface area contributed by atoms with Crippen LogP contribution in [0.15, 0.2) is 24.3 Å². The van der Waals surface area contributed by atoms with Gasteiger partial charge in [-0.15, -0.1) is 0 Å². The van der Waals surface area contributed by atoms with Gasteiger partial charge in [0.15, 0.2) is 0 Å². The van der Waals surface area contributed by atoms with Crippen molar-refractivity contribution in [3.05, 3.63) is 24.3 Å². The average Bonchev–Trinajstić information content (AvgIpc) is 2.72. The lowest BCUT2D eigenvalue weighted by atomic mass is 10.2. The highest BCUT2D eigenvalue weighted by Gasteiger charge is 2.24. The van der Waals surface area contributed by atoms with Crippen LogP contribution in [0.1, 0.15) is 13.3 Å². The second-order valence-corrected chi connectivity index (χ2v) is 7.14. The van der Waals surface area contributed by atoms with E-state index in [9.17, 15) is 9.59 Å². The van der Waals surface area contributed by atoms with Crippen LogP contribution < -0.4 is 9.64 Å². The maximum Gasteiger partial charge on any atom is 0.223 e. The first kappa shape index (κ1) is 19.5. The van der Waals surface area contributed by atoms with Gasteiger partial charge in [0.1, 0.15) is 5.75 Å². The van der Waals surface area contributed by atoms with E-state index in [4.69, 9.17) is 4.74 Å². The molecule has 7 nitrogen and oxygen atoms in total. The third-order valence-corrected chi connectivity index (χ3v) is 5.52. The minimum Gasteiger partial charge on any atom is -0.495 e. The van der Waals surface area contributed by atoms with E-state index in [1.807, 2.05) is 28.0 Å². The van der Waals surface area contributed by atoms with Gasteiger partial charge >= 0.3 is 0 Å². The lowest BCUT2D eigenvalue weighted by Gasteiger charge is -2.37. The first-order valence-corrected chi connectivity index (χ1v) is 9.72. The Hall–Kier alpha value is -2.28. The van der Waals surface area contributed by atoms with Gasteiger partial charge < -0.3 is 19.4 Å². The zero-order valence-corrected chi connectivity index (χ0v) is 16.4. The van der Waals surface area contributed by atoms with E-state index >= 15 is 0 Å². The molecule has 0 unspecified atom stereocenters. The number of rotatable bonds is 5. The normalized spacial score (nSPS) is 18.5. The fourth-order valence-electron chi connectivity index (χ4n) is 3.79. The quantitative estimate of drug-likeness (QED) is 0.766. The third-order valence-electron chi connectivity index (χ3n) is 5.52. The number of nitrogens with zero attached hydrogens (tertiary/aromatic N) is 4. The number of carbonyl (C=O) groups is 2. The van der Waals surface area contributed by atoms with Crippen molar-refractivity contribution in [3.8, 4) is 5.75 Å². The monoisotopic (exact) mass is 374 g/mol. The molecule has 0 spiro atoms. The van der Waals surface area contributed by atoms with Crippen LogP contribution in [0.25, 0.3) is 0 Å². The molecule has 7 heteroatoms. The van der Waals surface area contributed by atoms with Gasteiger partial charge in [0.2, 0.25) is 11.8 Å². The van der Waals surface area contributed by atoms with Crippen LogP contribution in [-0.2, 0) is 9.59 Å². The first-order valence-electron chi connectivity index (χ1n) is 9.72. The van der Waals surface area contributed by atoms with Gasteiger partial charge in [0, 0.05) is 72.2 Å². The van der Waals surface area contributed by atoms with Crippen LogP contribution in [0.3, 0.4) is 0 Å². The molecule has 2 saturated heterocycles. The van der Waals surface area contributed by atoms with Crippen molar-refractivity contribution in [1.82, 2.24) is 14.7 Å². The highest BCUT2D eigenvalue weighted by molar-refractivity contribution is 5.77. The summed E-state index contributed by atoms with van der Waals surface area (Å²) < 4.78 is 5.45. The topological polar surface area (TPSA) is 56.3 Å². The number of methoxy groups -OCH3 is 1. The minimum atomic E-state index is 0.138. The molecule has 2 fully saturated rings. The second kappa shape index (κ2) is 9.08. The van der Waals surface area contributed by atoms with E-state index in [1.165, 1.54) is 0 Å². The Morgan fingerprint density at radius 3 is 2.19 bits per heavy atom. The number of hydrogen-bond donors (Lipinski definition) is 0. The van der Waals surface area contributed by atoms with E-state index < -0.39 is 0 Å². The Labute approximate surface area is 161 Å². The molecule has 0 radical (unpaired) electrons. The molecule has 0 saturated carbocycles. The van der Waals surface area contributed by atoms with Crippen molar-refractivity contribution in [1.29, 1.82) is 0 Å². The molecule has 0 aliphatic carbocycles. The van der Waals surface area contributed by atoms with Crippen molar-refractivity contribution in [2.24, 2.45) is 0 Å². The number of ether oxygens (including phenoxy) is 1. The predicted molar refractivity (Wildman–Crippen MR) is 105 cm³/mol. The van der Waals surface area contributed by atoms with E-state index in [0.717, 1.165) is 70.3 Å². The van der Waals surface area contributed by atoms with Gasteiger partial charge in [-0.2, -0.15) is 0 Å². The van der Waals surface area contributed by atoms with Crippen molar-refractivity contribution in [3.63, 3.8) is 0 Å². The van der Waals surface area contributed by atoms with Gasteiger partial charge in [-0.05, 0) is 12.1 Å². The molecule has 148 valence electrons. The van der Waals surface area contributed by atoms with E-state index in [-0.39, 0.29) is 11.8 Å². The standard InChI is InChI=1S/C20H30N4O3/c1-17(25)22-11-9-21(10-12-22)8-7-20(26)24-15-13-23(14-16-24)18-5-3-4-6-19(18)27-2/h3-6H,7-16H2,1-2H3. The van der Waals surface area contributed by atoms with Crippen molar-refractivity contribution in [2.75, 3.05) is 70.9 Å². The van der Waals surface area contributed by atoms with Gasteiger partial charge in [-0.1, -0.05) is 12.1 Å². The van der Waals surface area contributed by atoms with Gasteiger partial charge in [-0.3, -0.25) is 14.5 Å². The smallest absolute Gasteiger partial charge is 0.223 e. The summed E-state index contributed by atoms with van der Waals surface area (Å²) in [5, 5.41) is 0. The molecule has 1 aromatic carbocycles. The first-order chi connectivity index (χ1) is 13.1. The molecule has 2 aliphatic heterocycles. The number of piperazine rings is 2. The largest absolute Gasteiger partial charge is 0.495 e. The van der Waals surface area contributed by atoms with E-state index in [1.54, 1.807) is 14.0 Å². The molecule has 3 rings (SSSR count). The van der Waals surface area contributed by atoms with Crippen molar-refractivity contribution in [2.45, 2.75) is 13.3 Å². The third kappa shape index (κ3) is 4.91. The molecule has 2 aliphatic rings. The Morgan fingerprint density at radius 2 is 1.56 bits per heavy atom. The summed E-state index contributed by atoms with van der Waals surface area (Å²) in [4.78, 5) is 32.4. The SMILES string of the molecule is COc1ccccc1N1CCN(C(=O)CCN2CCN(C(C)=O)CC2)CC1. The zero-order valence-electron chi connectivity index (χ0n) is 16.4. The van der Waals surface area contributed by atoms with Gasteiger partial charge in [-0.25, -0.2) is 0 Å². The number of benzene rings is 1. The van der Waals surface area contributed by atoms with Crippen molar-refractivity contribution >= 4 is 17.5 Å². The maximum absolute atomic E-state index is 12.6. The van der Waals surface area contributed by atoms with Crippen LogP contribution in [0.5, 0.6) is 5.75 Å². The molecule has 2 amide bonds. The average molecular weight is 374 g/mol. The van der Waals surface area contributed by atoms with E-state index in [2.05, 4.69) is 15.9 Å². The molecular weight excluding hydrogens is 344 g/mol. The van der Waals surface area contributed by atoms with Crippen molar-refractivity contribution < 1.29 is 14.3 Å². The van der Waals surface area contributed by atoms with Crippen LogP contribution in [0, 0.1) is 0 Å². The second-order valence-electron chi connectivity index (χ2n) is 7.14. The van der Waals surface area contributed by atoms with Crippen LogP contribution in [-0.4, -0.2) is 92.5 Å². The molecule has 0 N–H and O–H groups in total. The lowest BCUT2D eigenvalue weighted by Crippen LogP contribution is -2.51. The van der Waals surface area contributed by atoms with Crippen LogP contribution >= 0.6 is 0 Å². The van der Waals surface area contributed by atoms with Crippen LogP contribution in [0.2, 0.25) is 0 Å². The van der Waals surface area contributed by atoms with Gasteiger partial charge in [0.05, 0.1) is 12.8 Å². The lowest BCUT2D eigenvalue weighted by molar-refractivity contribution is -0.133. The van der Waals surface area contributed by atoms with E-state index in [0.29, 0.717) is 6.42 Å². The number of amides is 2. The highest BCUT2D eigenvalue weighted by atomic mass is 16.5. The van der Waals surface area contributed by atoms with Gasteiger partial charge in [0.25, 0.3) is 0 Å². The Balaban J connectivity index is 1.42. The Bertz CT molecular complexity index is 650. The summed E-state index contributed by atoms with van der Waals surface area (Å²) in [6.45, 7) is 8.77. The highest BCUT2D eigenvalue weighted by Crippen LogP contribution is 2.28. The zero-order chi connectivity index (χ0) is 19.2. The number of anilines is 1. The summed E-state index contributed by atoms with van der Waals surface area (Å²) in [5.74, 6) is 1.24. The summed E-state index contributed by atoms with van der Waals surface area (Å²) in [5.41, 5.74) is 1.09.